The monoisotopic (exact) mass is 261 g/mol. The van der Waals surface area contributed by atoms with E-state index in [9.17, 15) is 4.79 Å². The molecule has 0 saturated carbocycles. The van der Waals surface area contributed by atoms with E-state index in [1.54, 1.807) is 29.7 Å². The molecule has 0 aliphatic heterocycles. The number of nitrogens with zero attached hydrogens (tertiary/aromatic N) is 5. The van der Waals surface area contributed by atoms with E-state index in [-0.39, 0.29) is 5.91 Å². The Kier molecular flexibility index (Phi) is 3.69. The molecule has 0 aliphatic carbocycles. The largest absolute Gasteiger partial charge is 0.334 e. The molecule has 0 aliphatic rings. The highest BCUT2D eigenvalue weighted by Crippen LogP contribution is 2.08. The Labute approximate surface area is 112 Å². The minimum atomic E-state index is -0.0471. The molecule has 6 heteroatoms. The van der Waals surface area contributed by atoms with Crippen LogP contribution in [0.4, 0.5) is 0 Å². The molecule has 0 spiro atoms. The van der Waals surface area contributed by atoms with Gasteiger partial charge in [0.2, 0.25) is 0 Å². The first kappa shape index (κ1) is 13.3. The lowest BCUT2D eigenvalue weighted by atomic mass is 10.3. The molecule has 0 N–H and O–H groups in total. The van der Waals surface area contributed by atoms with E-state index in [2.05, 4.69) is 10.2 Å². The molecule has 0 fully saturated rings. The molecule has 2 heterocycles. The molecule has 0 unspecified atom stereocenters. The fourth-order valence-electron chi connectivity index (χ4n) is 1.99. The smallest absolute Gasteiger partial charge is 0.272 e. The van der Waals surface area contributed by atoms with Gasteiger partial charge in [-0.2, -0.15) is 10.2 Å². The van der Waals surface area contributed by atoms with E-state index in [0.29, 0.717) is 12.2 Å². The molecule has 2 rings (SSSR count). The highest BCUT2D eigenvalue weighted by molar-refractivity contribution is 5.92. The Morgan fingerprint density at radius 2 is 2.16 bits per heavy atom. The van der Waals surface area contributed by atoms with Gasteiger partial charge in [-0.25, -0.2) is 0 Å². The summed E-state index contributed by atoms with van der Waals surface area (Å²) in [6.07, 6.45) is 1.92. The Hall–Kier alpha value is -2.11. The normalized spacial score (nSPS) is 10.7. The standard InChI is InChI=1S/C13H19N5O/c1-5-18-7-6-11(15-18)9-16(3)13(19)12-8-10(2)14-17(12)4/h6-8H,5,9H2,1-4H3. The second kappa shape index (κ2) is 5.26. The van der Waals surface area contributed by atoms with Crippen LogP contribution >= 0.6 is 0 Å². The summed E-state index contributed by atoms with van der Waals surface area (Å²) in [7, 11) is 3.55. The van der Waals surface area contributed by atoms with Crippen molar-refractivity contribution in [3.8, 4) is 0 Å². The second-order valence-electron chi connectivity index (χ2n) is 4.62. The van der Waals surface area contributed by atoms with Crippen molar-refractivity contribution in [2.45, 2.75) is 26.9 Å². The third-order valence-corrected chi connectivity index (χ3v) is 2.99. The summed E-state index contributed by atoms with van der Waals surface area (Å²) in [5.74, 6) is -0.0471. The van der Waals surface area contributed by atoms with Crippen molar-refractivity contribution in [3.05, 3.63) is 35.4 Å². The number of hydrogen-bond acceptors (Lipinski definition) is 3. The van der Waals surface area contributed by atoms with E-state index in [1.807, 2.05) is 30.8 Å². The molecule has 0 radical (unpaired) electrons. The molecule has 6 nitrogen and oxygen atoms in total. The van der Waals surface area contributed by atoms with Crippen LogP contribution in [0.15, 0.2) is 18.3 Å². The molecule has 0 saturated heterocycles. The molecule has 0 aromatic carbocycles. The van der Waals surface area contributed by atoms with Gasteiger partial charge in [0.1, 0.15) is 5.69 Å². The Morgan fingerprint density at radius 1 is 1.42 bits per heavy atom. The van der Waals surface area contributed by atoms with Gasteiger partial charge in [-0.3, -0.25) is 14.2 Å². The third-order valence-electron chi connectivity index (χ3n) is 2.99. The Morgan fingerprint density at radius 3 is 2.68 bits per heavy atom. The number of rotatable bonds is 4. The zero-order valence-electron chi connectivity index (χ0n) is 11.8. The highest BCUT2D eigenvalue weighted by Gasteiger charge is 2.17. The Bertz CT molecular complexity index is 584. The van der Waals surface area contributed by atoms with E-state index >= 15 is 0 Å². The van der Waals surface area contributed by atoms with Crippen molar-refractivity contribution >= 4 is 5.91 Å². The van der Waals surface area contributed by atoms with Crippen molar-refractivity contribution in [3.63, 3.8) is 0 Å². The van der Waals surface area contributed by atoms with Gasteiger partial charge in [-0.1, -0.05) is 0 Å². The van der Waals surface area contributed by atoms with Gasteiger partial charge in [0, 0.05) is 26.8 Å². The zero-order chi connectivity index (χ0) is 14.0. The fraction of sp³-hybridized carbons (Fsp3) is 0.462. The molecule has 2 aromatic rings. The number of hydrogen-bond donors (Lipinski definition) is 0. The van der Waals surface area contributed by atoms with Gasteiger partial charge in [0.25, 0.3) is 5.91 Å². The van der Waals surface area contributed by atoms with Crippen molar-refractivity contribution < 1.29 is 4.79 Å². The predicted molar refractivity (Wildman–Crippen MR) is 71.6 cm³/mol. The quantitative estimate of drug-likeness (QED) is 0.831. The van der Waals surface area contributed by atoms with Crippen LogP contribution in [0.2, 0.25) is 0 Å². The summed E-state index contributed by atoms with van der Waals surface area (Å²) in [6.45, 7) is 5.23. The SMILES string of the molecule is CCn1ccc(CN(C)C(=O)c2cc(C)nn2C)n1. The summed E-state index contributed by atoms with van der Waals surface area (Å²) in [4.78, 5) is 13.9. The van der Waals surface area contributed by atoms with Gasteiger partial charge in [0.05, 0.1) is 17.9 Å². The highest BCUT2D eigenvalue weighted by atomic mass is 16.2. The summed E-state index contributed by atoms with van der Waals surface area (Å²) in [6, 6.07) is 3.73. The summed E-state index contributed by atoms with van der Waals surface area (Å²) in [5, 5.41) is 8.56. The topological polar surface area (TPSA) is 56.0 Å². The Balaban J connectivity index is 2.09. The molecule has 102 valence electrons. The van der Waals surface area contributed by atoms with Gasteiger partial charge in [-0.15, -0.1) is 0 Å². The molecule has 0 atom stereocenters. The average molecular weight is 261 g/mol. The fourth-order valence-corrected chi connectivity index (χ4v) is 1.99. The summed E-state index contributed by atoms with van der Waals surface area (Å²) >= 11 is 0. The molecular formula is C13H19N5O. The second-order valence-corrected chi connectivity index (χ2v) is 4.62. The number of amides is 1. The van der Waals surface area contributed by atoms with E-state index in [0.717, 1.165) is 17.9 Å². The van der Waals surface area contributed by atoms with E-state index in [1.165, 1.54) is 0 Å². The van der Waals surface area contributed by atoms with Gasteiger partial charge in [-0.05, 0) is 26.0 Å². The predicted octanol–water partition coefficient (Wildman–Crippen LogP) is 1.22. The first-order valence-corrected chi connectivity index (χ1v) is 6.29. The molecule has 1 amide bonds. The first-order chi connectivity index (χ1) is 9.01. The number of aromatic nitrogens is 4. The molecular weight excluding hydrogens is 242 g/mol. The van der Waals surface area contributed by atoms with Crippen molar-refractivity contribution in [2.24, 2.45) is 7.05 Å². The lowest BCUT2D eigenvalue weighted by Crippen LogP contribution is -2.28. The number of carbonyl (C=O) groups is 1. The van der Waals surface area contributed by atoms with Crippen LogP contribution in [0, 0.1) is 6.92 Å². The van der Waals surface area contributed by atoms with Crippen LogP contribution in [-0.2, 0) is 20.1 Å². The van der Waals surface area contributed by atoms with Gasteiger partial charge < -0.3 is 4.90 Å². The van der Waals surface area contributed by atoms with Crippen molar-refractivity contribution in [2.75, 3.05) is 7.05 Å². The first-order valence-electron chi connectivity index (χ1n) is 6.29. The van der Waals surface area contributed by atoms with Crippen molar-refractivity contribution in [1.82, 2.24) is 24.5 Å². The van der Waals surface area contributed by atoms with Crippen molar-refractivity contribution in [1.29, 1.82) is 0 Å². The van der Waals surface area contributed by atoms with E-state index in [4.69, 9.17) is 0 Å². The van der Waals surface area contributed by atoms with Crippen LogP contribution in [-0.4, -0.2) is 37.4 Å². The minimum Gasteiger partial charge on any atom is -0.334 e. The molecule has 0 bridgehead atoms. The van der Waals surface area contributed by atoms with Gasteiger partial charge in [0.15, 0.2) is 0 Å². The van der Waals surface area contributed by atoms with Crippen LogP contribution in [0.1, 0.15) is 28.8 Å². The minimum absolute atomic E-state index is 0.0471. The zero-order valence-corrected chi connectivity index (χ0v) is 11.8. The lowest BCUT2D eigenvalue weighted by Gasteiger charge is -2.15. The lowest BCUT2D eigenvalue weighted by molar-refractivity contribution is 0.0772. The van der Waals surface area contributed by atoms with Crippen LogP contribution < -0.4 is 0 Å². The third kappa shape index (κ3) is 2.83. The van der Waals surface area contributed by atoms with Crippen LogP contribution in [0.5, 0.6) is 0 Å². The molecule has 19 heavy (non-hydrogen) atoms. The van der Waals surface area contributed by atoms with Crippen LogP contribution in [0.25, 0.3) is 0 Å². The summed E-state index contributed by atoms with van der Waals surface area (Å²) in [5.41, 5.74) is 2.32. The van der Waals surface area contributed by atoms with Crippen LogP contribution in [0.3, 0.4) is 0 Å². The number of aryl methyl sites for hydroxylation is 3. The number of carbonyl (C=O) groups excluding carboxylic acids is 1. The van der Waals surface area contributed by atoms with E-state index < -0.39 is 0 Å². The van der Waals surface area contributed by atoms with Gasteiger partial charge >= 0.3 is 0 Å². The summed E-state index contributed by atoms with van der Waals surface area (Å²) < 4.78 is 3.46. The maximum Gasteiger partial charge on any atom is 0.272 e. The molecule has 2 aromatic heterocycles. The maximum atomic E-state index is 12.3. The average Bonchev–Trinajstić information content (AvgIpc) is 2.94. The maximum absolute atomic E-state index is 12.3.